The van der Waals surface area contributed by atoms with Crippen molar-refractivity contribution in [1.29, 1.82) is 0 Å². The molecule has 1 amide bonds. The van der Waals surface area contributed by atoms with Crippen LogP contribution in [0.15, 0.2) is 60.7 Å². The van der Waals surface area contributed by atoms with Crippen LogP contribution in [0.4, 0.5) is 5.69 Å². The molecule has 1 heterocycles. The van der Waals surface area contributed by atoms with Gasteiger partial charge in [0.2, 0.25) is 5.91 Å². The molecule has 4 aromatic rings. The van der Waals surface area contributed by atoms with Crippen LogP contribution in [0.25, 0.3) is 26.9 Å². The van der Waals surface area contributed by atoms with Crippen LogP contribution >= 0.6 is 46.1 Å². The number of nitrogens with one attached hydrogen (secondary N) is 1. The first-order chi connectivity index (χ1) is 14.9. The predicted molar refractivity (Wildman–Crippen MR) is 131 cm³/mol. The lowest BCUT2D eigenvalue weighted by Gasteiger charge is -2.09. The number of thiazole rings is 1. The number of nitrogens with zero attached hydrogens (tertiary/aromatic N) is 1. The zero-order chi connectivity index (χ0) is 22.0. The van der Waals surface area contributed by atoms with Gasteiger partial charge < -0.3 is 10.1 Å². The summed E-state index contributed by atoms with van der Waals surface area (Å²) in [7, 11) is 1.50. The van der Waals surface area contributed by atoms with Gasteiger partial charge in [-0.25, -0.2) is 4.98 Å². The Kier molecular flexibility index (Phi) is 6.49. The molecule has 0 saturated heterocycles. The number of fused-ring (bicyclic) bond motifs is 1. The van der Waals surface area contributed by atoms with Crippen molar-refractivity contribution in [2.24, 2.45) is 0 Å². The maximum Gasteiger partial charge on any atom is 0.248 e. The van der Waals surface area contributed by atoms with E-state index < -0.39 is 0 Å². The van der Waals surface area contributed by atoms with Crippen LogP contribution in [0.2, 0.25) is 15.1 Å². The molecule has 0 aliphatic carbocycles. The van der Waals surface area contributed by atoms with E-state index in [0.717, 1.165) is 20.8 Å². The molecule has 0 fully saturated rings. The molecule has 0 aliphatic rings. The first-order valence-electron chi connectivity index (χ1n) is 9.12. The van der Waals surface area contributed by atoms with Gasteiger partial charge in [-0.3, -0.25) is 4.79 Å². The number of carbonyl (C=O) groups excluding carboxylic acids is 1. The van der Waals surface area contributed by atoms with E-state index in [1.54, 1.807) is 36.4 Å². The number of rotatable bonds is 5. The molecule has 0 radical (unpaired) electrons. The Morgan fingerprint density at radius 1 is 1.06 bits per heavy atom. The Hall–Kier alpha value is -2.57. The van der Waals surface area contributed by atoms with Gasteiger partial charge in [0.15, 0.2) is 0 Å². The van der Waals surface area contributed by atoms with Gasteiger partial charge in [0.1, 0.15) is 10.8 Å². The lowest BCUT2D eigenvalue weighted by Crippen LogP contribution is -2.08. The number of amides is 1. The van der Waals surface area contributed by atoms with E-state index in [2.05, 4.69) is 10.3 Å². The highest BCUT2D eigenvalue weighted by Gasteiger charge is 2.13. The standard InChI is InChI=1S/C23H15Cl3N2O2S/c1-30-22-13(10-15(25)12-17(22)26)6-9-21(29)27-18-8-7-14(24)11-16(18)23-28-19-4-2-3-5-20(19)31-23/h2-12H,1H3,(H,27,29). The van der Waals surface area contributed by atoms with E-state index in [4.69, 9.17) is 39.5 Å². The average molecular weight is 490 g/mol. The Morgan fingerprint density at radius 2 is 1.87 bits per heavy atom. The van der Waals surface area contributed by atoms with Crippen molar-refractivity contribution in [3.63, 3.8) is 0 Å². The second kappa shape index (κ2) is 9.28. The Balaban J connectivity index is 1.63. The van der Waals surface area contributed by atoms with Gasteiger partial charge in [-0.05, 0) is 48.5 Å². The molecular formula is C23H15Cl3N2O2S. The van der Waals surface area contributed by atoms with E-state index in [1.807, 2.05) is 24.3 Å². The highest BCUT2D eigenvalue weighted by molar-refractivity contribution is 7.21. The minimum Gasteiger partial charge on any atom is -0.495 e. The van der Waals surface area contributed by atoms with Crippen LogP contribution in [0.1, 0.15) is 5.56 Å². The summed E-state index contributed by atoms with van der Waals surface area (Å²) >= 11 is 20.0. The quantitative estimate of drug-likeness (QED) is 0.294. The van der Waals surface area contributed by atoms with Crippen molar-refractivity contribution < 1.29 is 9.53 Å². The summed E-state index contributed by atoms with van der Waals surface area (Å²) in [4.78, 5) is 17.3. The summed E-state index contributed by atoms with van der Waals surface area (Å²) < 4.78 is 6.36. The smallest absolute Gasteiger partial charge is 0.248 e. The summed E-state index contributed by atoms with van der Waals surface area (Å²) in [5.41, 5.74) is 2.84. The molecule has 1 aromatic heterocycles. The number of hydrogen-bond acceptors (Lipinski definition) is 4. The minimum atomic E-state index is -0.331. The van der Waals surface area contributed by atoms with Crippen LogP contribution in [-0.2, 0) is 4.79 Å². The number of hydrogen-bond donors (Lipinski definition) is 1. The molecular weight excluding hydrogens is 475 g/mol. The van der Waals surface area contributed by atoms with Gasteiger partial charge >= 0.3 is 0 Å². The maximum atomic E-state index is 12.6. The first-order valence-corrected chi connectivity index (χ1v) is 11.1. The van der Waals surface area contributed by atoms with E-state index in [1.165, 1.54) is 24.5 Å². The number of anilines is 1. The second-order valence-corrected chi connectivity index (χ2v) is 8.82. The van der Waals surface area contributed by atoms with E-state index >= 15 is 0 Å². The van der Waals surface area contributed by atoms with Crippen LogP contribution < -0.4 is 10.1 Å². The van der Waals surface area contributed by atoms with Crippen LogP contribution in [0.5, 0.6) is 5.75 Å². The lowest BCUT2D eigenvalue weighted by molar-refractivity contribution is -0.111. The van der Waals surface area contributed by atoms with Crippen molar-refractivity contribution in [1.82, 2.24) is 4.98 Å². The molecule has 0 saturated carbocycles. The van der Waals surface area contributed by atoms with E-state index in [9.17, 15) is 4.79 Å². The number of halogens is 3. The number of carbonyl (C=O) groups is 1. The van der Waals surface area contributed by atoms with Gasteiger partial charge in [-0.2, -0.15) is 0 Å². The maximum absolute atomic E-state index is 12.6. The molecule has 3 aromatic carbocycles. The molecule has 31 heavy (non-hydrogen) atoms. The van der Waals surface area contributed by atoms with Crippen LogP contribution in [0, 0.1) is 0 Å². The van der Waals surface area contributed by atoms with E-state index in [-0.39, 0.29) is 5.91 Å². The largest absolute Gasteiger partial charge is 0.495 e. The fourth-order valence-corrected chi connectivity index (χ4v) is 4.80. The molecule has 0 aliphatic heterocycles. The molecule has 4 nitrogen and oxygen atoms in total. The normalized spacial score (nSPS) is 11.2. The summed E-state index contributed by atoms with van der Waals surface area (Å²) in [6.07, 6.45) is 2.99. The van der Waals surface area contributed by atoms with Crippen molar-refractivity contribution in [3.8, 4) is 16.3 Å². The molecule has 156 valence electrons. The van der Waals surface area contributed by atoms with E-state index in [0.29, 0.717) is 32.1 Å². The fourth-order valence-electron chi connectivity index (χ4n) is 3.05. The highest BCUT2D eigenvalue weighted by atomic mass is 35.5. The summed E-state index contributed by atoms with van der Waals surface area (Å²) in [5, 5.41) is 5.03. The lowest BCUT2D eigenvalue weighted by atomic mass is 10.1. The second-order valence-electron chi connectivity index (χ2n) is 6.51. The molecule has 0 atom stereocenters. The Morgan fingerprint density at radius 3 is 2.65 bits per heavy atom. The van der Waals surface area contributed by atoms with Crippen molar-refractivity contribution >= 4 is 74.0 Å². The number of ether oxygens (including phenoxy) is 1. The average Bonchev–Trinajstić information content (AvgIpc) is 3.17. The van der Waals surface area contributed by atoms with Gasteiger partial charge in [-0.15, -0.1) is 11.3 Å². The summed E-state index contributed by atoms with van der Waals surface area (Å²) in [5.74, 6) is 0.111. The first kappa shape index (κ1) is 21.7. The SMILES string of the molecule is COc1c(Cl)cc(Cl)cc1C=CC(=O)Nc1ccc(Cl)cc1-c1nc2ccccc2s1. The van der Waals surface area contributed by atoms with Gasteiger partial charge in [0.25, 0.3) is 0 Å². The van der Waals surface area contributed by atoms with Gasteiger partial charge in [0.05, 0.1) is 28.0 Å². The predicted octanol–water partition coefficient (Wildman–Crippen LogP) is 7.58. The van der Waals surface area contributed by atoms with Gasteiger partial charge in [-0.1, -0.05) is 46.9 Å². The number of methoxy groups -OCH3 is 1. The van der Waals surface area contributed by atoms with Crippen LogP contribution in [-0.4, -0.2) is 18.0 Å². The van der Waals surface area contributed by atoms with Crippen LogP contribution in [0.3, 0.4) is 0 Å². The number of benzene rings is 3. The topological polar surface area (TPSA) is 51.2 Å². The number of para-hydroxylation sites is 1. The molecule has 8 heteroatoms. The highest BCUT2D eigenvalue weighted by Crippen LogP contribution is 2.36. The van der Waals surface area contributed by atoms with Crippen molar-refractivity contribution in [3.05, 3.63) is 81.3 Å². The third-order valence-corrected chi connectivity index (χ3v) is 6.22. The molecule has 4 rings (SSSR count). The van der Waals surface area contributed by atoms with Gasteiger partial charge in [0, 0.05) is 27.2 Å². The molecule has 0 unspecified atom stereocenters. The molecule has 0 bridgehead atoms. The monoisotopic (exact) mass is 488 g/mol. The third kappa shape index (κ3) is 4.86. The third-order valence-electron chi connectivity index (χ3n) is 4.42. The van der Waals surface area contributed by atoms with Crippen molar-refractivity contribution in [2.45, 2.75) is 0 Å². The Bertz CT molecular complexity index is 1280. The zero-order valence-electron chi connectivity index (χ0n) is 16.2. The fraction of sp³-hybridized carbons (Fsp3) is 0.0435. The minimum absolute atomic E-state index is 0.331. The summed E-state index contributed by atoms with van der Waals surface area (Å²) in [6, 6.07) is 16.4. The van der Waals surface area contributed by atoms with Crippen molar-refractivity contribution in [2.75, 3.05) is 12.4 Å². The zero-order valence-corrected chi connectivity index (χ0v) is 19.2. The molecule has 0 spiro atoms. The number of aromatic nitrogens is 1. The molecule has 1 N–H and O–H groups in total. The Labute approximate surface area is 198 Å². The summed E-state index contributed by atoms with van der Waals surface area (Å²) in [6.45, 7) is 0.